The fourth-order valence-corrected chi connectivity index (χ4v) is 1.92. The molecule has 0 amide bonds. The monoisotopic (exact) mass is 255 g/mol. The molecular formula is C16H17NO2. The largest absolute Gasteiger partial charge is 0.459 e. The van der Waals surface area contributed by atoms with Gasteiger partial charge in [-0.05, 0) is 24.6 Å². The first kappa shape index (κ1) is 13.1. The van der Waals surface area contributed by atoms with Crippen LogP contribution >= 0.6 is 0 Å². The minimum atomic E-state index is -0.374. The smallest absolute Gasteiger partial charge is 0.340 e. The van der Waals surface area contributed by atoms with Gasteiger partial charge in [0.2, 0.25) is 0 Å². The molecule has 2 aromatic carbocycles. The van der Waals surface area contributed by atoms with E-state index in [0.29, 0.717) is 17.7 Å². The average Bonchev–Trinajstić information content (AvgIpc) is 2.40. The number of nitrogens with two attached hydrogens (primary N) is 1. The number of nitrogen functional groups attached to an aromatic ring is 1. The maximum atomic E-state index is 12.0. The minimum Gasteiger partial charge on any atom is -0.459 e. The summed E-state index contributed by atoms with van der Waals surface area (Å²) in [6.07, 6.45) is 0.508. The molecule has 0 spiro atoms. The Kier molecular flexibility index (Phi) is 4.18. The van der Waals surface area contributed by atoms with Crippen LogP contribution in [0.2, 0.25) is 0 Å². The molecule has 0 bridgehead atoms. The van der Waals surface area contributed by atoms with Crippen LogP contribution in [0.1, 0.15) is 22.8 Å². The zero-order valence-electron chi connectivity index (χ0n) is 10.9. The van der Waals surface area contributed by atoms with Crippen molar-refractivity contribution in [3.8, 4) is 0 Å². The summed E-state index contributed by atoms with van der Waals surface area (Å²) in [5.41, 5.74) is 7.75. The zero-order chi connectivity index (χ0) is 13.7. The lowest BCUT2D eigenvalue weighted by atomic mass is 10.1. The Morgan fingerprint density at radius 2 is 1.74 bits per heavy atom. The van der Waals surface area contributed by atoms with Gasteiger partial charge in [-0.2, -0.15) is 0 Å². The van der Waals surface area contributed by atoms with Gasteiger partial charge in [-0.15, -0.1) is 0 Å². The van der Waals surface area contributed by atoms with Crippen molar-refractivity contribution in [1.82, 2.24) is 0 Å². The van der Waals surface area contributed by atoms with Crippen molar-refractivity contribution in [3.63, 3.8) is 0 Å². The minimum absolute atomic E-state index is 0.186. The van der Waals surface area contributed by atoms with Gasteiger partial charge in [0.15, 0.2) is 0 Å². The van der Waals surface area contributed by atoms with Crippen LogP contribution in [-0.4, -0.2) is 12.1 Å². The van der Waals surface area contributed by atoms with E-state index in [1.165, 1.54) is 0 Å². The van der Waals surface area contributed by atoms with E-state index < -0.39 is 0 Å². The average molecular weight is 255 g/mol. The van der Waals surface area contributed by atoms with Gasteiger partial charge in [-0.3, -0.25) is 0 Å². The molecule has 0 radical (unpaired) electrons. The Bertz CT molecular complexity index is 552. The summed E-state index contributed by atoms with van der Waals surface area (Å²) < 4.78 is 5.40. The number of hydrogen-bond donors (Lipinski definition) is 1. The maximum absolute atomic E-state index is 12.0. The van der Waals surface area contributed by atoms with Gasteiger partial charge in [0, 0.05) is 12.1 Å². The Morgan fingerprint density at radius 1 is 1.11 bits per heavy atom. The van der Waals surface area contributed by atoms with Crippen molar-refractivity contribution in [2.45, 2.75) is 19.4 Å². The second-order valence-corrected chi connectivity index (χ2v) is 4.49. The second-order valence-electron chi connectivity index (χ2n) is 4.49. The molecule has 0 aliphatic heterocycles. The van der Waals surface area contributed by atoms with E-state index in [9.17, 15) is 4.79 Å². The Hall–Kier alpha value is -2.29. The van der Waals surface area contributed by atoms with Crippen molar-refractivity contribution in [2.75, 3.05) is 5.73 Å². The third-order valence-electron chi connectivity index (χ3n) is 2.85. The van der Waals surface area contributed by atoms with Gasteiger partial charge in [0.25, 0.3) is 0 Å². The number of ether oxygens (including phenoxy) is 1. The number of hydrogen-bond acceptors (Lipinski definition) is 3. The van der Waals surface area contributed by atoms with E-state index in [4.69, 9.17) is 10.5 Å². The van der Waals surface area contributed by atoms with Crippen LogP contribution in [0.15, 0.2) is 54.6 Å². The van der Waals surface area contributed by atoms with Gasteiger partial charge in [-0.1, -0.05) is 42.5 Å². The molecule has 2 aromatic rings. The molecule has 0 aromatic heterocycles. The molecule has 1 unspecified atom stereocenters. The summed E-state index contributed by atoms with van der Waals surface area (Å²) in [6.45, 7) is 1.88. The molecule has 0 saturated carbocycles. The van der Waals surface area contributed by atoms with Crippen LogP contribution in [0.3, 0.4) is 0 Å². The highest BCUT2D eigenvalue weighted by molar-refractivity contribution is 5.95. The normalized spacial score (nSPS) is 11.8. The van der Waals surface area contributed by atoms with Gasteiger partial charge in [0.1, 0.15) is 6.10 Å². The molecule has 3 nitrogen and oxygen atoms in total. The third-order valence-corrected chi connectivity index (χ3v) is 2.85. The van der Waals surface area contributed by atoms with Crippen molar-refractivity contribution in [1.29, 1.82) is 0 Å². The van der Waals surface area contributed by atoms with Crippen LogP contribution in [0, 0.1) is 0 Å². The van der Waals surface area contributed by atoms with Crippen LogP contribution in [0.5, 0.6) is 0 Å². The molecule has 0 heterocycles. The third kappa shape index (κ3) is 3.58. The summed E-state index contributed by atoms with van der Waals surface area (Å²) in [6, 6.07) is 16.9. The number of rotatable bonds is 4. The van der Waals surface area contributed by atoms with E-state index in [1.54, 1.807) is 24.3 Å². The molecule has 0 fully saturated rings. The standard InChI is InChI=1S/C16H17NO2/c1-12(11-13-7-3-2-4-8-13)19-16(18)14-9-5-6-10-15(14)17/h2-10,12H,11,17H2,1H3. The van der Waals surface area contributed by atoms with Crippen molar-refractivity contribution >= 4 is 11.7 Å². The Balaban J connectivity index is 1.98. The molecule has 0 aliphatic rings. The van der Waals surface area contributed by atoms with E-state index in [2.05, 4.69) is 0 Å². The van der Waals surface area contributed by atoms with Crippen LogP contribution in [-0.2, 0) is 11.2 Å². The zero-order valence-corrected chi connectivity index (χ0v) is 10.9. The van der Waals surface area contributed by atoms with E-state index >= 15 is 0 Å². The molecule has 2 rings (SSSR count). The predicted octanol–water partition coefficient (Wildman–Crippen LogP) is 3.06. The molecule has 0 saturated heterocycles. The lowest BCUT2D eigenvalue weighted by Gasteiger charge is -2.14. The highest BCUT2D eigenvalue weighted by Gasteiger charge is 2.14. The first-order chi connectivity index (χ1) is 9.16. The van der Waals surface area contributed by atoms with Crippen molar-refractivity contribution in [3.05, 3.63) is 65.7 Å². The number of carbonyl (C=O) groups excluding carboxylic acids is 1. The Labute approximate surface area is 113 Å². The van der Waals surface area contributed by atoms with Gasteiger partial charge >= 0.3 is 5.97 Å². The molecule has 98 valence electrons. The summed E-state index contributed by atoms with van der Waals surface area (Å²) in [7, 11) is 0. The first-order valence-corrected chi connectivity index (χ1v) is 6.26. The summed E-state index contributed by atoms with van der Waals surface area (Å²) >= 11 is 0. The maximum Gasteiger partial charge on any atom is 0.340 e. The van der Waals surface area contributed by atoms with Crippen molar-refractivity contribution in [2.24, 2.45) is 0 Å². The number of para-hydroxylation sites is 1. The first-order valence-electron chi connectivity index (χ1n) is 6.26. The lowest BCUT2D eigenvalue weighted by Crippen LogP contribution is -2.18. The molecule has 3 heteroatoms. The molecule has 1 atom stereocenters. The highest BCUT2D eigenvalue weighted by atomic mass is 16.5. The fourth-order valence-electron chi connectivity index (χ4n) is 1.92. The summed E-state index contributed by atoms with van der Waals surface area (Å²) in [5, 5.41) is 0. The van der Waals surface area contributed by atoms with E-state index in [-0.39, 0.29) is 12.1 Å². The van der Waals surface area contributed by atoms with Gasteiger partial charge in [0.05, 0.1) is 5.56 Å². The van der Waals surface area contributed by atoms with Crippen LogP contribution < -0.4 is 5.73 Å². The van der Waals surface area contributed by atoms with E-state index in [0.717, 1.165) is 5.56 Å². The number of anilines is 1. The predicted molar refractivity (Wildman–Crippen MR) is 75.9 cm³/mol. The molecule has 2 N–H and O–H groups in total. The van der Waals surface area contributed by atoms with Gasteiger partial charge < -0.3 is 10.5 Å². The molecule has 0 aliphatic carbocycles. The Morgan fingerprint density at radius 3 is 2.42 bits per heavy atom. The molecular weight excluding hydrogens is 238 g/mol. The molecule has 19 heavy (non-hydrogen) atoms. The van der Waals surface area contributed by atoms with Crippen LogP contribution in [0.4, 0.5) is 5.69 Å². The number of carbonyl (C=O) groups is 1. The quantitative estimate of drug-likeness (QED) is 0.674. The highest BCUT2D eigenvalue weighted by Crippen LogP contribution is 2.14. The van der Waals surface area contributed by atoms with Crippen LogP contribution in [0.25, 0.3) is 0 Å². The fraction of sp³-hybridized carbons (Fsp3) is 0.188. The SMILES string of the molecule is CC(Cc1ccccc1)OC(=O)c1ccccc1N. The second kappa shape index (κ2) is 6.05. The number of benzene rings is 2. The summed E-state index contributed by atoms with van der Waals surface area (Å²) in [4.78, 5) is 12.0. The van der Waals surface area contributed by atoms with Gasteiger partial charge in [-0.25, -0.2) is 4.79 Å². The van der Waals surface area contributed by atoms with Crippen molar-refractivity contribution < 1.29 is 9.53 Å². The topological polar surface area (TPSA) is 52.3 Å². The van der Waals surface area contributed by atoms with E-state index in [1.807, 2.05) is 37.3 Å². The lowest BCUT2D eigenvalue weighted by molar-refractivity contribution is 0.0344. The summed E-state index contributed by atoms with van der Waals surface area (Å²) in [5.74, 6) is -0.374. The number of esters is 1.